The molecule has 0 aromatic carbocycles. The molecule has 2 aliphatic heterocycles. The van der Waals surface area contributed by atoms with Crippen molar-refractivity contribution in [3.05, 3.63) is 0 Å². The van der Waals surface area contributed by atoms with E-state index in [9.17, 15) is 0 Å². The fourth-order valence-electron chi connectivity index (χ4n) is 4.90. The Morgan fingerprint density at radius 3 is 2.68 bits per heavy atom. The normalized spacial score (nSPS) is 32.6. The number of rotatable bonds is 5. The maximum absolute atomic E-state index is 6.05. The molecule has 5 heteroatoms. The number of hydrogen-bond donors (Lipinski definition) is 1. The Morgan fingerprint density at radius 1 is 1.20 bits per heavy atom. The van der Waals surface area contributed by atoms with Gasteiger partial charge in [0.05, 0.1) is 6.10 Å². The first-order valence-corrected chi connectivity index (χ1v) is 10.3. The monoisotopic (exact) mass is 351 g/mol. The zero-order valence-electron chi connectivity index (χ0n) is 16.6. The average molecular weight is 352 g/mol. The topological polar surface area (TPSA) is 46.1 Å². The molecule has 3 fully saturated rings. The summed E-state index contributed by atoms with van der Waals surface area (Å²) in [5.41, 5.74) is 0.182. The zero-order chi connectivity index (χ0) is 17.9. The Hall–Kier alpha value is -0.810. The second-order valence-electron chi connectivity index (χ2n) is 8.60. The average Bonchev–Trinajstić information content (AvgIpc) is 2.64. The molecule has 5 nitrogen and oxygen atoms in total. The second kappa shape index (κ2) is 8.26. The van der Waals surface area contributed by atoms with E-state index in [0.717, 1.165) is 44.8 Å². The second-order valence-corrected chi connectivity index (χ2v) is 8.60. The Morgan fingerprint density at radius 2 is 1.96 bits per heavy atom. The van der Waals surface area contributed by atoms with Gasteiger partial charge in [-0.2, -0.15) is 0 Å². The lowest BCUT2D eigenvalue weighted by molar-refractivity contribution is -0.188. The number of nitrogens with zero attached hydrogens (tertiary/aromatic N) is 2. The van der Waals surface area contributed by atoms with Crippen molar-refractivity contribution in [1.29, 1.82) is 0 Å². The number of nitrogens with one attached hydrogen (secondary N) is 1. The first kappa shape index (κ1) is 19.0. The van der Waals surface area contributed by atoms with E-state index in [-0.39, 0.29) is 5.41 Å². The predicted octanol–water partition coefficient (Wildman–Crippen LogP) is 2.90. The van der Waals surface area contributed by atoms with Gasteiger partial charge in [0, 0.05) is 57.3 Å². The van der Waals surface area contributed by atoms with Gasteiger partial charge in [-0.15, -0.1) is 0 Å². The van der Waals surface area contributed by atoms with Crippen molar-refractivity contribution in [3.8, 4) is 0 Å². The summed E-state index contributed by atoms with van der Waals surface area (Å²) in [6, 6.07) is 0.466. The highest BCUT2D eigenvalue weighted by Gasteiger charge is 2.58. The van der Waals surface area contributed by atoms with Gasteiger partial charge in [-0.1, -0.05) is 13.8 Å². The summed E-state index contributed by atoms with van der Waals surface area (Å²) in [5.74, 6) is 2.50. The van der Waals surface area contributed by atoms with Gasteiger partial charge in [-0.25, -0.2) is 0 Å². The Labute approximate surface area is 153 Å². The van der Waals surface area contributed by atoms with Crippen LogP contribution < -0.4 is 5.32 Å². The maximum atomic E-state index is 6.05. The number of hydrogen-bond acceptors (Lipinski definition) is 3. The maximum Gasteiger partial charge on any atom is 0.193 e. The first-order valence-electron chi connectivity index (χ1n) is 10.3. The van der Waals surface area contributed by atoms with Crippen LogP contribution in [0.4, 0.5) is 0 Å². The lowest BCUT2D eigenvalue weighted by Crippen LogP contribution is -2.71. The fourth-order valence-corrected chi connectivity index (χ4v) is 4.90. The fraction of sp³-hybridized carbons (Fsp3) is 0.950. The summed E-state index contributed by atoms with van der Waals surface area (Å²) in [5, 5.41) is 3.80. The molecule has 3 rings (SSSR count). The number of ether oxygens (including phenoxy) is 2. The van der Waals surface area contributed by atoms with Gasteiger partial charge < -0.3 is 19.7 Å². The Balaban J connectivity index is 1.56. The molecular formula is C20H37N3O2. The smallest absolute Gasteiger partial charge is 0.193 e. The summed E-state index contributed by atoms with van der Waals surface area (Å²) in [7, 11) is 2.18. The van der Waals surface area contributed by atoms with Crippen molar-refractivity contribution >= 4 is 5.96 Å². The molecular weight excluding hydrogens is 314 g/mol. The number of guanidine groups is 1. The van der Waals surface area contributed by atoms with Gasteiger partial charge in [0.1, 0.15) is 0 Å². The van der Waals surface area contributed by atoms with Crippen LogP contribution in [0.5, 0.6) is 0 Å². The minimum absolute atomic E-state index is 0.182. The van der Waals surface area contributed by atoms with Gasteiger partial charge in [-0.05, 0) is 44.9 Å². The lowest BCUT2D eigenvalue weighted by Gasteiger charge is -2.60. The van der Waals surface area contributed by atoms with Crippen LogP contribution in [0, 0.1) is 17.3 Å². The zero-order valence-corrected chi connectivity index (χ0v) is 16.6. The SMILES string of the molecule is CCN=C(NC1C2CCCOC2C1(C)C)N(C)CCC1CCOCC1. The molecule has 3 aliphatic rings. The van der Waals surface area contributed by atoms with Crippen LogP contribution in [0.25, 0.3) is 0 Å². The van der Waals surface area contributed by atoms with E-state index >= 15 is 0 Å². The molecule has 2 saturated heterocycles. The third kappa shape index (κ3) is 4.13. The highest BCUT2D eigenvalue weighted by molar-refractivity contribution is 5.80. The molecule has 144 valence electrons. The quantitative estimate of drug-likeness (QED) is 0.611. The largest absolute Gasteiger partial charge is 0.381 e. The molecule has 3 atom stereocenters. The molecule has 0 bridgehead atoms. The van der Waals surface area contributed by atoms with E-state index in [0.29, 0.717) is 18.1 Å². The highest BCUT2D eigenvalue weighted by atomic mass is 16.5. The van der Waals surface area contributed by atoms with Crippen LogP contribution >= 0.6 is 0 Å². The van der Waals surface area contributed by atoms with Crippen LogP contribution in [-0.2, 0) is 9.47 Å². The summed E-state index contributed by atoms with van der Waals surface area (Å²) in [4.78, 5) is 7.10. The third-order valence-corrected chi connectivity index (χ3v) is 6.50. The van der Waals surface area contributed by atoms with Crippen molar-refractivity contribution in [2.75, 3.05) is 40.0 Å². The van der Waals surface area contributed by atoms with Gasteiger partial charge in [0.25, 0.3) is 0 Å². The van der Waals surface area contributed by atoms with Crippen LogP contribution in [0.2, 0.25) is 0 Å². The standard InChI is InChI=1S/C20H37N3O2/c1-5-21-19(23(4)11-8-15-9-13-24-14-10-15)22-17-16-7-6-12-25-18(16)20(17,2)3/h15-18H,5-14H2,1-4H3,(H,21,22). The summed E-state index contributed by atoms with van der Waals surface area (Å²) in [6.45, 7) is 11.5. The molecule has 1 saturated carbocycles. The van der Waals surface area contributed by atoms with E-state index in [1.54, 1.807) is 0 Å². The van der Waals surface area contributed by atoms with Crippen molar-refractivity contribution in [2.45, 2.75) is 65.0 Å². The third-order valence-electron chi connectivity index (χ3n) is 6.50. The molecule has 0 amide bonds. The minimum atomic E-state index is 0.182. The Kier molecular flexibility index (Phi) is 6.26. The van der Waals surface area contributed by atoms with Gasteiger partial charge in [0.15, 0.2) is 5.96 Å². The summed E-state index contributed by atoms with van der Waals surface area (Å²) < 4.78 is 11.5. The van der Waals surface area contributed by atoms with Crippen molar-refractivity contribution in [1.82, 2.24) is 10.2 Å². The molecule has 2 heterocycles. The van der Waals surface area contributed by atoms with Gasteiger partial charge in [0.2, 0.25) is 0 Å². The van der Waals surface area contributed by atoms with E-state index in [4.69, 9.17) is 14.5 Å². The van der Waals surface area contributed by atoms with Crippen LogP contribution in [-0.4, -0.2) is 63.0 Å². The van der Waals surface area contributed by atoms with Crippen molar-refractivity contribution in [2.24, 2.45) is 22.2 Å². The Bertz CT molecular complexity index is 460. The van der Waals surface area contributed by atoms with Gasteiger partial charge in [-0.3, -0.25) is 4.99 Å². The number of aliphatic imine (C=N–C) groups is 1. The van der Waals surface area contributed by atoms with Crippen LogP contribution in [0.3, 0.4) is 0 Å². The van der Waals surface area contributed by atoms with E-state index in [1.807, 2.05) is 0 Å². The summed E-state index contributed by atoms with van der Waals surface area (Å²) in [6.07, 6.45) is 6.52. The molecule has 0 aromatic rings. The number of fused-ring (bicyclic) bond motifs is 1. The predicted molar refractivity (Wildman–Crippen MR) is 102 cm³/mol. The molecule has 1 N–H and O–H groups in total. The van der Waals surface area contributed by atoms with Crippen molar-refractivity contribution < 1.29 is 9.47 Å². The van der Waals surface area contributed by atoms with E-state index < -0.39 is 0 Å². The van der Waals surface area contributed by atoms with Gasteiger partial charge >= 0.3 is 0 Å². The molecule has 0 aromatic heterocycles. The molecule has 25 heavy (non-hydrogen) atoms. The van der Waals surface area contributed by atoms with Crippen molar-refractivity contribution in [3.63, 3.8) is 0 Å². The molecule has 1 aliphatic carbocycles. The lowest BCUT2D eigenvalue weighted by atomic mass is 9.55. The van der Waals surface area contributed by atoms with E-state index in [1.165, 1.54) is 32.1 Å². The first-order chi connectivity index (χ1) is 12.0. The highest BCUT2D eigenvalue weighted by Crippen LogP contribution is 2.51. The minimum Gasteiger partial charge on any atom is -0.381 e. The van der Waals surface area contributed by atoms with Crippen LogP contribution in [0.1, 0.15) is 52.9 Å². The van der Waals surface area contributed by atoms with Crippen LogP contribution in [0.15, 0.2) is 4.99 Å². The molecule has 0 radical (unpaired) electrons. The molecule has 0 spiro atoms. The summed E-state index contributed by atoms with van der Waals surface area (Å²) >= 11 is 0. The molecule has 3 unspecified atom stereocenters. The van der Waals surface area contributed by atoms with E-state index in [2.05, 4.69) is 38.0 Å².